The van der Waals surface area contributed by atoms with E-state index in [2.05, 4.69) is 41.1 Å². The molecule has 0 unspecified atom stereocenters. The minimum absolute atomic E-state index is 0.0903. The summed E-state index contributed by atoms with van der Waals surface area (Å²) in [4.78, 5) is 17.4. The van der Waals surface area contributed by atoms with E-state index in [-0.39, 0.29) is 5.91 Å². The maximum atomic E-state index is 12.5. The van der Waals surface area contributed by atoms with Crippen LogP contribution in [0.2, 0.25) is 0 Å². The highest BCUT2D eigenvalue weighted by Gasteiger charge is 2.12. The molecule has 0 aliphatic heterocycles. The van der Waals surface area contributed by atoms with Crippen LogP contribution in [0.1, 0.15) is 87.3 Å². The van der Waals surface area contributed by atoms with E-state index in [4.69, 9.17) is 14.5 Å². The van der Waals surface area contributed by atoms with Crippen molar-refractivity contribution in [2.75, 3.05) is 20.8 Å². The van der Waals surface area contributed by atoms with E-state index in [1.54, 1.807) is 32.4 Å². The molecule has 1 aromatic heterocycles. The summed E-state index contributed by atoms with van der Waals surface area (Å²) in [5.74, 6) is 2.28. The number of fused-ring (bicyclic) bond motifs is 1. The smallest absolute Gasteiger partial charge is 0.251 e. The Hall–Kier alpha value is -3.02. The average Bonchev–Trinajstić information content (AvgIpc) is 3.26. The van der Waals surface area contributed by atoms with Gasteiger partial charge in [-0.3, -0.25) is 4.79 Å². The van der Waals surface area contributed by atoms with Crippen LogP contribution in [0, 0.1) is 0 Å². The number of nitrogens with zero attached hydrogens (tertiary/aromatic N) is 2. The van der Waals surface area contributed by atoms with Crippen LogP contribution >= 0.6 is 0 Å². The van der Waals surface area contributed by atoms with Crippen molar-refractivity contribution in [2.24, 2.45) is 0 Å². The van der Waals surface area contributed by atoms with Gasteiger partial charge in [0.05, 0.1) is 25.3 Å². The molecule has 1 amide bonds. The first-order chi connectivity index (χ1) is 17.7. The summed E-state index contributed by atoms with van der Waals surface area (Å²) in [6.45, 7) is 3.97. The number of para-hydroxylation sites is 2. The van der Waals surface area contributed by atoms with Crippen LogP contribution in [-0.4, -0.2) is 36.2 Å². The number of carbonyl (C=O) groups excluding carboxylic acids is 1. The lowest BCUT2D eigenvalue weighted by atomic mass is 10.1. The second kappa shape index (κ2) is 15.2. The van der Waals surface area contributed by atoms with E-state index in [1.165, 1.54) is 56.3 Å². The third-order valence-corrected chi connectivity index (χ3v) is 6.73. The minimum atomic E-state index is -0.0903. The fourth-order valence-electron chi connectivity index (χ4n) is 4.66. The molecule has 0 aliphatic carbocycles. The van der Waals surface area contributed by atoms with Crippen LogP contribution in [0.15, 0.2) is 42.5 Å². The standard InChI is InChI=1S/C30H43N3O3/c1-4-5-6-7-8-9-15-22-33-26-17-13-12-16-25(26)32-29(33)18-11-10-14-21-31-30(34)24-19-20-27(35-2)28(23-24)36-3/h12-13,16-17,19-20,23H,4-11,14-15,18,21-22H2,1-3H3,(H,31,34). The summed E-state index contributed by atoms with van der Waals surface area (Å²) in [6.07, 6.45) is 13.2. The molecule has 0 aliphatic rings. The Morgan fingerprint density at radius 1 is 0.861 bits per heavy atom. The van der Waals surface area contributed by atoms with E-state index in [0.717, 1.165) is 37.7 Å². The molecule has 36 heavy (non-hydrogen) atoms. The number of methoxy groups -OCH3 is 2. The van der Waals surface area contributed by atoms with Crippen LogP contribution in [0.5, 0.6) is 11.5 Å². The van der Waals surface area contributed by atoms with Crippen LogP contribution in [0.25, 0.3) is 11.0 Å². The van der Waals surface area contributed by atoms with Crippen LogP contribution in [0.3, 0.4) is 0 Å². The second-order valence-electron chi connectivity index (χ2n) is 9.43. The number of carbonyl (C=O) groups is 1. The third-order valence-electron chi connectivity index (χ3n) is 6.73. The van der Waals surface area contributed by atoms with Crippen molar-refractivity contribution in [1.82, 2.24) is 14.9 Å². The van der Waals surface area contributed by atoms with E-state index in [9.17, 15) is 4.79 Å². The molecule has 2 aromatic carbocycles. The number of unbranched alkanes of at least 4 members (excludes halogenated alkanes) is 8. The number of aryl methyl sites for hydroxylation is 2. The zero-order valence-electron chi connectivity index (χ0n) is 22.4. The van der Waals surface area contributed by atoms with Gasteiger partial charge >= 0.3 is 0 Å². The fourth-order valence-corrected chi connectivity index (χ4v) is 4.66. The summed E-state index contributed by atoms with van der Waals surface area (Å²) in [5, 5.41) is 3.02. The number of benzene rings is 2. The monoisotopic (exact) mass is 493 g/mol. The van der Waals surface area contributed by atoms with Crippen LogP contribution in [0.4, 0.5) is 0 Å². The predicted molar refractivity (Wildman–Crippen MR) is 147 cm³/mol. The van der Waals surface area contributed by atoms with Gasteiger partial charge < -0.3 is 19.4 Å². The quantitative estimate of drug-likeness (QED) is 0.207. The molecule has 0 radical (unpaired) electrons. The van der Waals surface area contributed by atoms with Gasteiger partial charge in [-0.1, -0.05) is 64.0 Å². The van der Waals surface area contributed by atoms with E-state index >= 15 is 0 Å². The maximum absolute atomic E-state index is 12.5. The maximum Gasteiger partial charge on any atom is 0.251 e. The molecular weight excluding hydrogens is 450 g/mol. The van der Waals surface area contributed by atoms with E-state index in [1.807, 2.05) is 0 Å². The molecule has 0 bridgehead atoms. The first kappa shape index (κ1) is 27.6. The molecule has 0 saturated heterocycles. The number of rotatable bonds is 17. The molecule has 0 atom stereocenters. The Morgan fingerprint density at radius 2 is 1.58 bits per heavy atom. The van der Waals surface area contributed by atoms with Gasteiger partial charge in [-0.25, -0.2) is 4.98 Å². The minimum Gasteiger partial charge on any atom is -0.493 e. The summed E-state index contributed by atoms with van der Waals surface area (Å²) in [7, 11) is 3.16. The Morgan fingerprint density at radius 3 is 2.36 bits per heavy atom. The van der Waals surface area contributed by atoms with Gasteiger partial charge in [0, 0.05) is 25.1 Å². The molecule has 3 aromatic rings. The normalized spacial score (nSPS) is 11.1. The van der Waals surface area contributed by atoms with Crippen LogP contribution in [-0.2, 0) is 13.0 Å². The second-order valence-corrected chi connectivity index (χ2v) is 9.43. The molecule has 196 valence electrons. The molecule has 0 fully saturated rings. The van der Waals surface area contributed by atoms with Crippen molar-refractivity contribution >= 4 is 16.9 Å². The van der Waals surface area contributed by atoms with Gasteiger partial charge in [-0.2, -0.15) is 0 Å². The zero-order valence-corrected chi connectivity index (χ0v) is 22.4. The predicted octanol–water partition coefficient (Wildman–Crippen LogP) is 6.95. The number of aromatic nitrogens is 2. The van der Waals surface area contributed by atoms with Crippen molar-refractivity contribution in [3.63, 3.8) is 0 Å². The van der Waals surface area contributed by atoms with E-state index in [0.29, 0.717) is 23.6 Å². The lowest BCUT2D eigenvalue weighted by Crippen LogP contribution is -2.24. The number of ether oxygens (including phenoxy) is 2. The summed E-state index contributed by atoms with van der Waals surface area (Å²) >= 11 is 0. The lowest BCUT2D eigenvalue weighted by Gasteiger charge is -2.11. The molecule has 3 rings (SSSR count). The first-order valence-electron chi connectivity index (χ1n) is 13.6. The zero-order chi connectivity index (χ0) is 25.6. The van der Waals surface area contributed by atoms with Crippen molar-refractivity contribution in [1.29, 1.82) is 0 Å². The van der Waals surface area contributed by atoms with Crippen molar-refractivity contribution in [3.05, 3.63) is 53.9 Å². The van der Waals surface area contributed by atoms with Gasteiger partial charge in [-0.15, -0.1) is 0 Å². The number of imidazole rings is 1. The highest BCUT2D eigenvalue weighted by atomic mass is 16.5. The van der Waals surface area contributed by atoms with Crippen molar-refractivity contribution in [2.45, 2.75) is 84.1 Å². The molecular formula is C30H43N3O3. The average molecular weight is 494 g/mol. The topological polar surface area (TPSA) is 65.4 Å². The van der Waals surface area contributed by atoms with Gasteiger partial charge in [0.15, 0.2) is 11.5 Å². The number of nitrogens with one attached hydrogen (secondary N) is 1. The molecule has 0 spiro atoms. The van der Waals surface area contributed by atoms with Crippen molar-refractivity contribution in [3.8, 4) is 11.5 Å². The number of hydrogen-bond acceptors (Lipinski definition) is 4. The Balaban J connectivity index is 1.42. The van der Waals surface area contributed by atoms with Gasteiger partial charge in [0.2, 0.25) is 0 Å². The Bertz CT molecular complexity index is 1080. The van der Waals surface area contributed by atoms with Crippen molar-refractivity contribution < 1.29 is 14.3 Å². The third kappa shape index (κ3) is 8.00. The lowest BCUT2D eigenvalue weighted by molar-refractivity contribution is 0.0952. The molecule has 6 nitrogen and oxygen atoms in total. The molecule has 6 heteroatoms. The molecule has 0 saturated carbocycles. The van der Waals surface area contributed by atoms with Gasteiger partial charge in [-0.05, 0) is 49.6 Å². The summed E-state index contributed by atoms with van der Waals surface area (Å²) < 4.78 is 13.0. The van der Waals surface area contributed by atoms with Crippen LogP contribution < -0.4 is 14.8 Å². The molecule has 1 heterocycles. The molecule has 1 N–H and O–H groups in total. The highest BCUT2D eigenvalue weighted by molar-refractivity contribution is 5.94. The van der Waals surface area contributed by atoms with Gasteiger partial charge in [0.1, 0.15) is 5.82 Å². The largest absolute Gasteiger partial charge is 0.493 e. The van der Waals surface area contributed by atoms with E-state index < -0.39 is 0 Å². The Labute approximate surface area is 216 Å². The number of amides is 1. The SMILES string of the molecule is CCCCCCCCCn1c(CCCCCNC(=O)c2ccc(OC)c(OC)c2)nc2ccccc21. The first-order valence-corrected chi connectivity index (χ1v) is 13.6. The summed E-state index contributed by atoms with van der Waals surface area (Å²) in [6, 6.07) is 13.7. The van der Waals surface area contributed by atoms with Gasteiger partial charge in [0.25, 0.3) is 5.91 Å². The summed E-state index contributed by atoms with van der Waals surface area (Å²) in [5.41, 5.74) is 2.92. The Kier molecular flexibility index (Phi) is 11.6. The number of hydrogen-bond donors (Lipinski definition) is 1. The highest BCUT2D eigenvalue weighted by Crippen LogP contribution is 2.27. The fraction of sp³-hybridized carbons (Fsp3) is 0.533.